The monoisotopic (exact) mass is 224 g/mol. The van der Waals surface area contributed by atoms with E-state index in [9.17, 15) is 0 Å². The third-order valence-electron chi connectivity index (χ3n) is 2.33. The highest BCUT2D eigenvalue weighted by atomic mass is 16.3. The SMILES string of the molecule is OCCNCc1ccccc1CNCCO. The maximum absolute atomic E-state index is 8.68. The Kier molecular flexibility index (Phi) is 6.76. The summed E-state index contributed by atoms with van der Waals surface area (Å²) in [6, 6.07) is 8.15. The Labute approximate surface area is 96.3 Å². The highest BCUT2D eigenvalue weighted by Gasteiger charge is 2.00. The number of rotatable bonds is 8. The normalized spacial score (nSPS) is 10.6. The summed E-state index contributed by atoms with van der Waals surface area (Å²) >= 11 is 0. The van der Waals surface area contributed by atoms with E-state index in [0.717, 1.165) is 13.1 Å². The van der Waals surface area contributed by atoms with Gasteiger partial charge in [-0.25, -0.2) is 0 Å². The van der Waals surface area contributed by atoms with Gasteiger partial charge in [0, 0.05) is 26.2 Å². The van der Waals surface area contributed by atoms with Crippen LogP contribution in [-0.2, 0) is 13.1 Å². The van der Waals surface area contributed by atoms with Gasteiger partial charge in [-0.2, -0.15) is 0 Å². The van der Waals surface area contributed by atoms with E-state index >= 15 is 0 Å². The molecule has 0 saturated heterocycles. The van der Waals surface area contributed by atoms with E-state index in [0.29, 0.717) is 13.1 Å². The van der Waals surface area contributed by atoms with Crippen LogP contribution in [0.4, 0.5) is 0 Å². The minimum Gasteiger partial charge on any atom is -0.395 e. The maximum Gasteiger partial charge on any atom is 0.0556 e. The molecule has 16 heavy (non-hydrogen) atoms. The lowest BCUT2D eigenvalue weighted by atomic mass is 10.1. The maximum atomic E-state index is 8.68. The molecule has 4 heteroatoms. The Morgan fingerprint density at radius 1 is 0.812 bits per heavy atom. The zero-order chi connectivity index (χ0) is 11.6. The first-order chi connectivity index (χ1) is 7.88. The van der Waals surface area contributed by atoms with Gasteiger partial charge in [0.15, 0.2) is 0 Å². The summed E-state index contributed by atoms with van der Waals surface area (Å²) in [5.41, 5.74) is 2.45. The predicted molar refractivity (Wildman–Crippen MR) is 64.0 cm³/mol. The summed E-state index contributed by atoms with van der Waals surface area (Å²) < 4.78 is 0. The number of benzene rings is 1. The van der Waals surface area contributed by atoms with Crippen LogP contribution >= 0.6 is 0 Å². The average molecular weight is 224 g/mol. The molecule has 0 saturated carbocycles. The van der Waals surface area contributed by atoms with E-state index in [1.807, 2.05) is 12.1 Å². The van der Waals surface area contributed by atoms with Crippen molar-refractivity contribution in [1.82, 2.24) is 10.6 Å². The summed E-state index contributed by atoms with van der Waals surface area (Å²) in [6.45, 7) is 3.06. The fourth-order valence-electron chi connectivity index (χ4n) is 1.51. The van der Waals surface area contributed by atoms with E-state index in [-0.39, 0.29) is 13.2 Å². The third-order valence-corrected chi connectivity index (χ3v) is 2.33. The Balaban J connectivity index is 2.46. The molecule has 0 unspecified atom stereocenters. The van der Waals surface area contributed by atoms with Crippen LogP contribution in [0.5, 0.6) is 0 Å². The molecular formula is C12H20N2O2. The van der Waals surface area contributed by atoms with Crippen LogP contribution in [0.25, 0.3) is 0 Å². The second-order valence-corrected chi connectivity index (χ2v) is 3.57. The minimum absolute atomic E-state index is 0.158. The van der Waals surface area contributed by atoms with Crippen LogP contribution in [-0.4, -0.2) is 36.5 Å². The van der Waals surface area contributed by atoms with Crippen molar-refractivity contribution in [2.75, 3.05) is 26.3 Å². The van der Waals surface area contributed by atoms with Crippen LogP contribution in [0, 0.1) is 0 Å². The van der Waals surface area contributed by atoms with Gasteiger partial charge < -0.3 is 20.8 Å². The fourth-order valence-corrected chi connectivity index (χ4v) is 1.51. The lowest BCUT2D eigenvalue weighted by Crippen LogP contribution is -2.21. The van der Waals surface area contributed by atoms with Gasteiger partial charge in [-0.3, -0.25) is 0 Å². The summed E-state index contributed by atoms with van der Waals surface area (Å²) in [4.78, 5) is 0. The van der Waals surface area contributed by atoms with Gasteiger partial charge >= 0.3 is 0 Å². The van der Waals surface area contributed by atoms with E-state index < -0.39 is 0 Å². The van der Waals surface area contributed by atoms with E-state index in [4.69, 9.17) is 10.2 Å². The summed E-state index contributed by atoms with van der Waals surface area (Å²) in [5, 5.41) is 23.7. The molecule has 0 aliphatic rings. The summed E-state index contributed by atoms with van der Waals surface area (Å²) in [6.07, 6.45) is 0. The van der Waals surface area contributed by atoms with Crippen LogP contribution in [0.1, 0.15) is 11.1 Å². The molecule has 0 amide bonds. The molecule has 0 radical (unpaired) electrons. The highest BCUT2D eigenvalue weighted by Crippen LogP contribution is 2.07. The first-order valence-corrected chi connectivity index (χ1v) is 5.58. The molecule has 0 aromatic heterocycles. The quantitative estimate of drug-likeness (QED) is 0.464. The average Bonchev–Trinajstić information content (AvgIpc) is 2.32. The molecule has 1 aromatic carbocycles. The Morgan fingerprint density at radius 3 is 1.62 bits per heavy atom. The molecule has 0 fully saturated rings. The van der Waals surface area contributed by atoms with Crippen molar-refractivity contribution in [2.45, 2.75) is 13.1 Å². The Morgan fingerprint density at radius 2 is 1.25 bits per heavy atom. The van der Waals surface area contributed by atoms with Gasteiger partial charge in [-0.1, -0.05) is 24.3 Å². The number of hydrogen-bond donors (Lipinski definition) is 4. The molecule has 0 bridgehead atoms. The minimum atomic E-state index is 0.158. The first kappa shape index (κ1) is 13.1. The Bertz CT molecular complexity index is 263. The molecular weight excluding hydrogens is 204 g/mol. The third kappa shape index (κ3) is 4.72. The zero-order valence-electron chi connectivity index (χ0n) is 9.45. The lowest BCUT2D eigenvalue weighted by Gasteiger charge is -2.10. The molecule has 1 rings (SSSR count). The second-order valence-electron chi connectivity index (χ2n) is 3.57. The molecule has 1 aromatic rings. The van der Waals surface area contributed by atoms with E-state index in [1.54, 1.807) is 0 Å². The molecule has 4 nitrogen and oxygen atoms in total. The number of hydrogen-bond acceptors (Lipinski definition) is 4. The lowest BCUT2D eigenvalue weighted by molar-refractivity contribution is 0.290. The highest BCUT2D eigenvalue weighted by molar-refractivity contribution is 5.26. The molecule has 90 valence electrons. The summed E-state index contributed by atoms with van der Waals surface area (Å²) in [5.74, 6) is 0. The molecule has 0 heterocycles. The molecule has 0 aliphatic carbocycles. The smallest absolute Gasteiger partial charge is 0.0556 e. The van der Waals surface area contributed by atoms with E-state index in [2.05, 4.69) is 22.8 Å². The topological polar surface area (TPSA) is 64.5 Å². The fraction of sp³-hybridized carbons (Fsp3) is 0.500. The summed E-state index contributed by atoms with van der Waals surface area (Å²) in [7, 11) is 0. The van der Waals surface area contributed by atoms with Crippen LogP contribution < -0.4 is 10.6 Å². The molecule has 0 atom stereocenters. The molecule has 0 spiro atoms. The predicted octanol–water partition coefficient (Wildman–Crippen LogP) is -0.150. The van der Waals surface area contributed by atoms with Crippen LogP contribution in [0.3, 0.4) is 0 Å². The van der Waals surface area contributed by atoms with Gasteiger partial charge in [0.1, 0.15) is 0 Å². The Hall–Kier alpha value is -0.940. The van der Waals surface area contributed by atoms with Gasteiger partial charge in [0.05, 0.1) is 13.2 Å². The van der Waals surface area contributed by atoms with Crippen molar-refractivity contribution in [3.05, 3.63) is 35.4 Å². The van der Waals surface area contributed by atoms with Crippen molar-refractivity contribution in [1.29, 1.82) is 0 Å². The van der Waals surface area contributed by atoms with Crippen LogP contribution in [0.15, 0.2) is 24.3 Å². The first-order valence-electron chi connectivity index (χ1n) is 5.58. The van der Waals surface area contributed by atoms with Crippen molar-refractivity contribution in [3.63, 3.8) is 0 Å². The number of aliphatic hydroxyl groups is 2. The van der Waals surface area contributed by atoms with Gasteiger partial charge in [-0.15, -0.1) is 0 Å². The van der Waals surface area contributed by atoms with Gasteiger partial charge in [-0.05, 0) is 11.1 Å². The largest absolute Gasteiger partial charge is 0.395 e. The van der Waals surface area contributed by atoms with Gasteiger partial charge in [0.2, 0.25) is 0 Å². The number of aliphatic hydroxyl groups excluding tert-OH is 2. The van der Waals surface area contributed by atoms with Crippen molar-refractivity contribution < 1.29 is 10.2 Å². The van der Waals surface area contributed by atoms with Crippen LogP contribution in [0.2, 0.25) is 0 Å². The molecule has 0 aliphatic heterocycles. The molecule has 4 N–H and O–H groups in total. The van der Waals surface area contributed by atoms with Crippen molar-refractivity contribution in [3.8, 4) is 0 Å². The van der Waals surface area contributed by atoms with Crippen molar-refractivity contribution >= 4 is 0 Å². The zero-order valence-corrected chi connectivity index (χ0v) is 9.45. The van der Waals surface area contributed by atoms with Crippen molar-refractivity contribution in [2.24, 2.45) is 0 Å². The van der Waals surface area contributed by atoms with E-state index in [1.165, 1.54) is 11.1 Å². The standard InChI is InChI=1S/C12H20N2O2/c15-7-5-13-9-11-3-1-2-4-12(11)10-14-6-8-16/h1-4,13-16H,5-10H2. The second kappa shape index (κ2) is 8.24. The van der Waals surface area contributed by atoms with Gasteiger partial charge in [0.25, 0.3) is 0 Å². The number of nitrogens with one attached hydrogen (secondary N) is 2.